The van der Waals surface area contributed by atoms with Gasteiger partial charge < -0.3 is 4.74 Å². The predicted molar refractivity (Wildman–Crippen MR) is 79.1 cm³/mol. The number of anilines is 1. The van der Waals surface area contributed by atoms with Gasteiger partial charge in [0, 0.05) is 0 Å². The first-order chi connectivity index (χ1) is 9.91. The van der Waals surface area contributed by atoms with Gasteiger partial charge in [-0.05, 0) is 32.9 Å². The van der Waals surface area contributed by atoms with Gasteiger partial charge in [0.1, 0.15) is 16.7 Å². The molecule has 1 aromatic carbocycles. The largest absolute Gasteiger partial charge is 0.487 e. The molecule has 1 unspecified atom stereocenters. The Bertz CT molecular complexity index is 763. The van der Waals surface area contributed by atoms with Crippen molar-refractivity contribution in [1.82, 2.24) is 10.2 Å². The molecule has 6 nitrogen and oxygen atoms in total. The van der Waals surface area contributed by atoms with Crippen molar-refractivity contribution in [3.63, 3.8) is 0 Å². The Kier molecular flexibility index (Phi) is 3.16. The third-order valence-corrected chi connectivity index (χ3v) is 5.54. The number of ether oxygens (including phenoxy) is 1. The number of H-pyrrole nitrogens is 1. The fraction of sp³-hybridized carbons (Fsp3) is 0.357. The highest BCUT2D eigenvalue weighted by molar-refractivity contribution is 7.93. The van der Waals surface area contributed by atoms with Crippen molar-refractivity contribution in [2.45, 2.75) is 31.8 Å². The van der Waals surface area contributed by atoms with Crippen LogP contribution in [-0.4, -0.2) is 31.3 Å². The summed E-state index contributed by atoms with van der Waals surface area (Å²) >= 11 is 0. The molecule has 1 aliphatic heterocycles. The van der Waals surface area contributed by atoms with Gasteiger partial charge in [0.25, 0.3) is 10.0 Å². The van der Waals surface area contributed by atoms with E-state index in [1.807, 2.05) is 13.0 Å². The summed E-state index contributed by atoms with van der Waals surface area (Å²) in [6.45, 7) is 5.53. The molecule has 0 amide bonds. The van der Waals surface area contributed by atoms with Crippen molar-refractivity contribution in [3.05, 3.63) is 35.7 Å². The zero-order chi connectivity index (χ0) is 15.2. The number of sulfonamides is 1. The highest BCUT2D eigenvalue weighted by Crippen LogP contribution is 2.37. The van der Waals surface area contributed by atoms with Gasteiger partial charge >= 0.3 is 0 Å². The third-order valence-electron chi connectivity index (χ3n) is 3.49. The number of rotatable bonds is 2. The maximum Gasteiger partial charge on any atom is 0.268 e. The molecule has 0 fully saturated rings. The Hall–Kier alpha value is -2.02. The van der Waals surface area contributed by atoms with Gasteiger partial charge in [-0.3, -0.25) is 9.40 Å². The van der Waals surface area contributed by atoms with E-state index in [9.17, 15) is 8.42 Å². The fourth-order valence-electron chi connectivity index (χ4n) is 2.61. The number of hydrogen-bond acceptors (Lipinski definition) is 4. The van der Waals surface area contributed by atoms with Gasteiger partial charge in [0.2, 0.25) is 0 Å². The molecule has 2 heterocycles. The Morgan fingerprint density at radius 3 is 2.71 bits per heavy atom. The van der Waals surface area contributed by atoms with Crippen LogP contribution in [0.2, 0.25) is 0 Å². The molecular weight excluding hydrogens is 290 g/mol. The highest BCUT2D eigenvalue weighted by Gasteiger charge is 2.35. The normalized spacial score (nSPS) is 18.2. The van der Waals surface area contributed by atoms with E-state index in [4.69, 9.17) is 4.74 Å². The Labute approximate surface area is 123 Å². The minimum absolute atomic E-state index is 0.206. The maximum atomic E-state index is 13.0. The molecule has 0 saturated heterocycles. The van der Waals surface area contributed by atoms with E-state index in [0.29, 0.717) is 22.8 Å². The molecule has 0 aliphatic carbocycles. The summed E-state index contributed by atoms with van der Waals surface area (Å²) in [7, 11) is -3.67. The lowest BCUT2D eigenvalue weighted by atomic mass is 10.2. The van der Waals surface area contributed by atoms with Crippen molar-refractivity contribution < 1.29 is 13.2 Å². The predicted octanol–water partition coefficient (Wildman–Crippen LogP) is 2.00. The molecule has 0 saturated carbocycles. The molecule has 1 aliphatic rings. The minimum atomic E-state index is -3.67. The standard InChI is InChI=1S/C14H17N3O3S/c1-9-8-17(12-6-4-5-7-13(12)20-9)21(18,19)14-10(2)15-16-11(14)3/h4-7,9H,8H2,1-3H3,(H,15,16). The molecule has 0 radical (unpaired) electrons. The topological polar surface area (TPSA) is 75.3 Å². The zero-order valence-corrected chi connectivity index (χ0v) is 12.9. The van der Waals surface area contributed by atoms with Gasteiger partial charge in [0.15, 0.2) is 0 Å². The second kappa shape index (κ2) is 4.77. The lowest BCUT2D eigenvalue weighted by Gasteiger charge is -2.34. The van der Waals surface area contributed by atoms with Gasteiger partial charge in [-0.2, -0.15) is 5.10 Å². The number of hydrogen-bond donors (Lipinski definition) is 1. The summed E-state index contributed by atoms with van der Waals surface area (Å²) in [5.41, 5.74) is 1.59. The van der Waals surface area contributed by atoms with E-state index >= 15 is 0 Å². The van der Waals surface area contributed by atoms with Gasteiger partial charge in [-0.1, -0.05) is 12.1 Å². The van der Waals surface area contributed by atoms with Crippen LogP contribution in [0.1, 0.15) is 18.3 Å². The quantitative estimate of drug-likeness (QED) is 0.921. The van der Waals surface area contributed by atoms with E-state index in [2.05, 4.69) is 10.2 Å². The number of aromatic amines is 1. The molecule has 3 rings (SSSR count). The lowest BCUT2D eigenvalue weighted by Crippen LogP contribution is -2.42. The molecule has 1 aromatic heterocycles. The van der Waals surface area contributed by atoms with E-state index in [-0.39, 0.29) is 17.5 Å². The van der Waals surface area contributed by atoms with E-state index < -0.39 is 10.0 Å². The van der Waals surface area contributed by atoms with Gasteiger partial charge in [-0.15, -0.1) is 0 Å². The van der Waals surface area contributed by atoms with Gasteiger partial charge in [0.05, 0.1) is 23.6 Å². The van der Waals surface area contributed by atoms with Crippen LogP contribution < -0.4 is 9.04 Å². The van der Waals surface area contributed by atoms with Crippen molar-refractivity contribution >= 4 is 15.7 Å². The smallest absolute Gasteiger partial charge is 0.268 e. The first kappa shape index (κ1) is 13.9. The molecule has 2 aromatic rings. The summed E-state index contributed by atoms with van der Waals surface area (Å²) in [6.07, 6.45) is -0.206. The average Bonchev–Trinajstić information content (AvgIpc) is 2.77. The van der Waals surface area contributed by atoms with Crippen LogP contribution in [0, 0.1) is 13.8 Å². The Morgan fingerprint density at radius 1 is 1.33 bits per heavy atom. The molecule has 112 valence electrons. The number of fused-ring (bicyclic) bond motifs is 1. The number of benzene rings is 1. The van der Waals surface area contributed by atoms with Crippen LogP contribution in [0.3, 0.4) is 0 Å². The average molecular weight is 307 g/mol. The van der Waals surface area contributed by atoms with E-state index in [1.165, 1.54) is 4.31 Å². The lowest BCUT2D eigenvalue weighted by molar-refractivity contribution is 0.219. The number of nitrogens with zero attached hydrogens (tertiary/aromatic N) is 2. The number of nitrogens with one attached hydrogen (secondary N) is 1. The molecule has 7 heteroatoms. The van der Waals surface area contributed by atoms with Crippen molar-refractivity contribution in [1.29, 1.82) is 0 Å². The van der Waals surface area contributed by atoms with Crippen LogP contribution in [0.5, 0.6) is 5.75 Å². The van der Waals surface area contributed by atoms with Crippen LogP contribution >= 0.6 is 0 Å². The van der Waals surface area contributed by atoms with Gasteiger partial charge in [-0.25, -0.2) is 8.42 Å². The van der Waals surface area contributed by atoms with Crippen molar-refractivity contribution in [2.75, 3.05) is 10.8 Å². The third kappa shape index (κ3) is 2.17. The Balaban J connectivity index is 2.16. The summed E-state index contributed by atoms with van der Waals surface area (Å²) in [6, 6.07) is 7.16. The van der Waals surface area contributed by atoms with E-state index in [1.54, 1.807) is 32.0 Å². The second-order valence-corrected chi connectivity index (χ2v) is 6.99. The maximum absolute atomic E-state index is 13.0. The van der Waals surface area contributed by atoms with Crippen LogP contribution in [0.4, 0.5) is 5.69 Å². The van der Waals surface area contributed by atoms with Crippen molar-refractivity contribution in [3.8, 4) is 5.75 Å². The van der Waals surface area contributed by atoms with Crippen molar-refractivity contribution in [2.24, 2.45) is 0 Å². The SMILES string of the molecule is Cc1n[nH]c(C)c1S(=O)(=O)N1CC(C)Oc2ccccc21. The molecule has 1 atom stereocenters. The molecule has 0 bridgehead atoms. The van der Waals surface area contributed by atoms with Crippen LogP contribution in [-0.2, 0) is 10.0 Å². The summed E-state index contributed by atoms with van der Waals surface area (Å²) < 4.78 is 33.1. The molecule has 1 N–H and O–H groups in total. The summed E-state index contributed by atoms with van der Waals surface area (Å²) in [5.74, 6) is 0.582. The highest BCUT2D eigenvalue weighted by atomic mass is 32.2. The summed E-state index contributed by atoms with van der Waals surface area (Å²) in [4.78, 5) is 0.242. The molecular formula is C14H17N3O3S. The molecule has 0 spiro atoms. The fourth-order valence-corrected chi connectivity index (χ4v) is 4.50. The minimum Gasteiger partial charge on any atom is -0.487 e. The van der Waals surface area contributed by atoms with Crippen LogP contribution in [0.15, 0.2) is 29.2 Å². The first-order valence-electron chi connectivity index (χ1n) is 6.71. The monoisotopic (exact) mass is 307 g/mol. The number of para-hydroxylation sites is 2. The number of aromatic nitrogens is 2. The molecule has 21 heavy (non-hydrogen) atoms. The van der Waals surface area contributed by atoms with Crippen LogP contribution in [0.25, 0.3) is 0 Å². The first-order valence-corrected chi connectivity index (χ1v) is 8.15. The number of aryl methyl sites for hydroxylation is 2. The Morgan fingerprint density at radius 2 is 2.05 bits per heavy atom. The van der Waals surface area contributed by atoms with E-state index in [0.717, 1.165) is 0 Å². The summed E-state index contributed by atoms with van der Waals surface area (Å²) in [5, 5.41) is 6.72. The second-order valence-electron chi connectivity index (χ2n) is 5.20. The zero-order valence-electron chi connectivity index (χ0n) is 12.1.